The van der Waals surface area contributed by atoms with Crippen LogP contribution < -0.4 is 0 Å². The third-order valence-electron chi connectivity index (χ3n) is 1.72. The van der Waals surface area contributed by atoms with Crippen molar-refractivity contribution in [1.82, 2.24) is 0 Å². The zero-order valence-electron chi connectivity index (χ0n) is 8.31. The highest BCUT2D eigenvalue weighted by atomic mass is 16.5. The van der Waals surface area contributed by atoms with Crippen molar-refractivity contribution in [2.75, 3.05) is 6.61 Å². The van der Waals surface area contributed by atoms with Gasteiger partial charge in [-0.3, -0.25) is 0 Å². The Hall–Kier alpha value is -0.0400. The maximum absolute atomic E-state index is 4.78. The maximum atomic E-state index is 4.78. The van der Waals surface area contributed by atoms with Crippen LogP contribution >= 0.6 is 0 Å². The lowest BCUT2D eigenvalue weighted by molar-refractivity contribution is 0.198. The Morgan fingerprint density at radius 2 is 1.91 bits per heavy atom. The quantitative estimate of drug-likeness (QED) is 0.608. The molecule has 1 unspecified atom stereocenters. The van der Waals surface area contributed by atoms with Gasteiger partial charge in [0.05, 0.1) is 7.11 Å². The Morgan fingerprint density at radius 1 is 1.36 bits per heavy atom. The summed E-state index contributed by atoms with van der Waals surface area (Å²) < 4.78 is 4.78. The summed E-state index contributed by atoms with van der Waals surface area (Å²) in [4.78, 5) is 0. The van der Waals surface area contributed by atoms with Crippen molar-refractivity contribution < 1.29 is 4.74 Å². The smallest absolute Gasteiger partial charge is 0.0700 e. The third kappa shape index (κ3) is 7.86. The molecule has 0 aromatic rings. The summed E-state index contributed by atoms with van der Waals surface area (Å²) in [6.45, 7) is 9.87. The van der Waals surface area contributed by atoms with Crippen LogP contribution in [0.4, 0.5) is 0 Å². The van der Waals surface area contributed by atoms with E-state index < -0.39 is 0 Å². The van der Waals surface area contributed by atoms with Gasteiger partial charge in [-0.15, -0.1) is 0 Å². The molecule has 67 valence electrons. The average molecular weight is 157 g/mol. The molecule has 0 N–H and O–H groups in total. The molecule has 0 saturated carbocycles. The van der Waals surface area contributed by atoms with Crippen LogP contribution in [-0.4, -0.2) is 6.61 Å². The second-order valence-electron chi connectivity index (χ2n) is 4.57. The van der Waals surface area contributed by atoms with E-state index in [0.29, 0.717) is 5.41 Å². The summed E-state index contributed by atoms with van der Waals surface area (Å²) in [6, 6.07) is 0. The molecule has 0 aromatic heterocycles. The molecule has 0 saturated heterocycles. The van der Waals surface area contributed by atoms with Crippen LogP contribution in [0.3, 0.4) is 0 Å². The van der Waals surface area contributed by atoms with Gasteiger partial charge in [-0.05, 0) is 24.2 Å². The molecule has 1 atom stereocenters. The monoisotopic (exact) mass is 157 g/mol. The Labute approximate surface area is 71.1 Å². The van der Waals surface area contributed by atoms with Gasteiger partial charge in [-0.1, -0.05) is 27.7 Å². The molecule has 0 aliphatic carbocycles. The highest BCUT2D eigenvalue weighted by Gasteiger charge is 2.14. The van der Waals surface area contributed by atoms with E-state index in [2.05, 4.69) is 34.8 Å². The van der Waals surface area contributed by atoms with E-state index in [9.17, 15) is 0 Å². The number of ether oxygens (including phenoxy) is 1. The zero-order valence-corrected chi connectivity index (χ0v) is 8.31. The molecular formula is C10H21O. The second-order valence-corrected chi connectivity index (χ2v) is 4.57. The summed E-state index contributed by atoms with van der Waals surface area (Å²) in [5.41, 5.74) is 0.445. The highest BCUT2D eigenvalue weighted by Crippen LogP contribution is 2.25. The summed E-state index contributed by atoms with van der Waals surface area (Å²) in [5, 5.41) is 0. The Balaban J connectivity index is 3.44. The first kappa shape index (κ1) is 11.0. The van der Waals surface area contributed by atoms with Gasteiger partial charge in [-0.25, -0.2) is 0 Å². The third-order valence-corrected chi connectivity index (χ3v) is 1.72. The molecule has 11 heavy (non-hydrogen) atoms. The van der Waals surface area contributed by atoms with Crippen LogP contribution in [0.2, 0.25) is 0 Å². The van der Waals surface area contributed by atoms with Crippen molar-refractivity contribution in [1.29, 1.82) is 0 Å². The van der Waals surface area contributed by atoms with Gasteiger partial charge >= 0.3 is 0 Å². The summed E-state index contributed by atoms with van der Waals surface area (Å²) >= 11 is 0. The summed E-state index contributed by atoms with van der Waals surface area (Å²) in [6.07, 6.45) is 2.39. The van der Waals surface area contributed by atoms with Gasteiger partial charge in [0, 0.05) is 6.61 Å². The van der Waals surface area contributed by atoms with E-state index in [4.69, 9.17) is 4.74 Å². The molecular weight excluding hydrogens is 136 g/mol. The lowest BCUT2D eigenvalue weighted by Crippen LogP contribution is -2.12. The predicted molar refractivity (Wildman–Crippen MR) is 49.2 cm³/mol. The molecule has 0 rings (SSSR count). The number of rotatable bonds is 4. The fourth-order valence-electron chi connectivity index (χ4n) is 1.43. The normalized spacial score (nSPS) is 15.0. The van der Waals surface area contributed by atoms with Crippen molar-refractivity contribution in [3.63, 3.8) is 0 Å². The van der Waals surface area contributed by atoms with Crippen molar-refractivity contribution in [3.05, 3.63) is 7.11 Å². The number of hydrogen-bond acceptors (Lipinski definition) is 1. The van der Waals surface area contributed by atoms with Crippen LogP contribution in [0, 0.1) is 18.4 Å². The van der Waals surface area contributed by atoms with Gasteiger partial charge in [0.15, 0.2) is 0 Å². The van der Waals surface area contributed by atoms with Crippen LogP contribution in [0.1, 0.15) is 40.5 Å². The number of hydrogen-bond donors (Lipinski definition) is 0. The van der Waals surface area contributed by atoms with Crippen LogP contribution in [0.5, 0.6) is 0 Å². The second kappa shape index (κ2) is 4.76. The lowest BCUT2D eigenvalue weighted by atomic mass is 9.84. The van der Waals surface area contributed by atoms with Gasteiger partial charge in [0.2, 0.25) is 0 Å². The first-order valence-electron chi connectivity index (χ1n) is 4.32. The van der Waals surface area contributed by atoms with E-state index in [-0.39, 0.29) is 0 Å². The summed E-state index contributed by atoms with van der Waals surface area (Å²) in [5.74, 6) is 0.747. The Morgan fingerprint density at radius 3 is 2.27 bits per heavy atom. The van der Waals surface area contributed by atoms with Crippen molar-refractivity contribution in [3.8, 4) is 0 Å². The van der Waals surface area contributed by atoms with E-state index >= 15 is 0 Å². The van der Waals surface area contributed by atoms with Crippen LogP contribution in [0.15, 0.2) is 0 Å². The van der Waals surface area contributed by atoms with Gasteiger partial charge in [0.25, 0.3) is 0 Å². The molecule has 0 spiro atoms. The molecule has 0 heterocycles. The molecule has 0 aliphatic rings. The van der Waals surface area contributed by atoms with Crippen molar-refractivity contribution >= 4 is 0 Å². The Bertz CT molecular complexity index is 91.5. The van der Waals surface area contributed by atoms with Crippen LogP contribution in [0.25, 0.3) is 0 Å². The fourth-order valence-corrected chi connectivity index (χ4v) is 1.43. The van der Waals surface area contributed by atoms with Crippen molar-refractivity contribution in [2.24, 2.45) is 11.3 Å². The van der Waals surface area contributed by atoms with E-state index in [1.807, 2.05) is 0 Å². The SMILES string of the molecule is [CH2]OCCC(C)CC(C)(C)C. The summed E-state index contributed by atoms with van der Waals surface area (Å²) in [7, 11) is 3.35. The minimum Gasteiger partial charge on any atom is -0.379 e. The standard InChI is InChI=1S/C10H21O/c1-9(6-7-11-5)8-10(2,3)4/h9H,5-8H2,1-4H3. The average Bonchev–Trinajstić information content (AvgIpc) is 1.79. The van der Waals surface area contributed by atoms with Crippen molar-refractivity contribution in [2.45, 2.75) is 40.5 Å². The largest absolute Gasteiger partial charge is 0.379 e. The van der Waals surface area contributed by atoms with Gasteiger partial charge < -0.3 is 4.74 Å². The molecule has 1 nitrogen and oxygen atoms in total. The predicted octanol–water partition coefficient (Wildman–Crippen LogP) is 3.26. The molecule has 0 aromatic carbocycles. The molecule has 0 fully saturated rings. The molecule has 0 bridgehead atoms. The van der Waals surface area contributed by atoms with Gasteiger partial charge in [0.1, 0.15) is 0 Å². The minimum absolute atomic E-state index is 0.445. The lowest BCUT2D eigenvalue weighted by Gasteiger charge is -2.22. The van der Waals surface area contributed by atoms with Gasteiger partial charge in [-0.2, -0.15) is 0 Å². The first-order chi connectivity index (χ1) is 4.95. The molecule has 0 amide bonds. The van der Waals surface area contributed by atoms with E-state index in [1.165, 1.54) is 6.42 Å². The minimum atomic E-state index is 0.445. The Kier molecular flexibility index (Phi) is 4.74. The van der Waals surface area contributed by atoms with Crippen LogP contribution in [-0.2, 0) is 4.74 Å². The molecule has 0 aliphatic heterocycles. The topological polar surface area (TPSA) is 9.23 Å². The molecule has 1 heteroatoms. The fraction of sp³-hybridized carbons (Fsp3) is 0.900. The first-order valence-corrected chi connectivity index (χ1v) is 4.32. The van der Waals surface area contributed by atoms with E-state index in [1.54, 1.807) is 0 Å². The maximum Gasteiger partial charge on any atom is 0.0700 e. The highest BCUT2D eigenvalue weighted by molar-refractivity contribution is 4.65. The molecule has 1 radical (unpaired) electrons. The zero-order chi connectivity index (χ0) is 8.91. The van der Waals surface area contributed by atoms with E-state index in [0.717, 1.165) is 18.9 Å².